The van der Waals surface area contributed by atoms with E-state index in [1.54, 1.807) is 19.9 Å². The summed E-state index contributed by atoms with van der Waals surface area (Å²) in [5.74, 6) is 5.87. The first kappa shape index (κ1) is 14.8. The lowest BCUT2D eigenvalue weighted by Crippen LogP contribution is -2.40. The maximum absolute atomic E-state index is 10.7. The molecule has 0 amide bonds. The fourth-order valence-corrected chi connectivity index (χ4v) is 2.03. The quantitative estimate of drug-likeness (QED) is 0.509. The summed E-state index contributed by atoms with van der Waals surface area (Å²) in [4.78, 5) is 0. The summed E-state index contributed by atoms with van der Waals surface area (Å²) in [6.45, 7) is 11.0. The smallest absolute Gasteiger partial charge is 0.169 e. The molecular weight excluding hydrogens is 224 g/mol. The molecule has 98 valence electrons. The van der Waals surface area contributed by atoms with Gasteiger partial charge in [-0.15, -0.1) is 0 Å². The van der Waals surface area contributed by atoms with Crippen LogP contribution in [0.15, 0.2) is 34.4 Å². The number of hydrogen-bond donors (Lipinski definition) is 2. The Bertz CT molecular complexity index is 507. The van der Waals surface area contributed by atoms with Crippen molar-refractivity contribution >= 4 is 0 Å². The lowest BCUT2D eigenvalue weighted by atomic mass is 9.74. The Hall–Kier alpha value is -1.30. The van der Waals surface area contributed by atoms with Gasteiger partial charge in [-0.1, -0.05) is 17.9 Å². The van der Waals surface area contributed by atoms with Crippen LogP contribution in [0.5, 0.6) is 0 Å². The van der Waals surface area contributed by atoms with Crippen LogP contribution in [0.3, 0.4) is 0 Å². The maximum Gasteiger partial charge on any atom is 0.169 e. The van der Waals surface area contributed by atoms with E-state index in [9.17, 15) is 10.2 Å². The topological polar surface area (TPSA) is 40.5 Å². The fourth-order valence-electron chi connectivity index (χ4n) is 2.03. The normalized spacial score (nSPS) is 32.9. The monoisotopic (exact) mass is 246 g/mol. The Morgan fingerprint density at radius 2 is 1.78 bits per heavy atom. The van der Waals surface area contributed by atoms with Crippen molar-refractivity contribution in [2.24, 2.45) is 0 Å². The molecular formula is C16H22O2. The largest absolute Gasteiger partial charge is 0.382 e. The predicted molar refractivity (Wildman–Crippen MR) is 74.9 cm³/mol. The molecule has 0 heterocycles. The third-order valence-corrected chi connectivity index (χ3v) is 3.81. The molecule has 0 bridgehead atoms. The number of rotatable bonds is 0. The van der Waals surface area contributed by atoms with Crippen molar-refractivity contribution in [2.75, 3.05) is 0 Å². The molecule has 1 rings (SSSR count). The van der Waals surface area contributed by atoms with E-state index >= 15 is 0 Å². The molecule has 0 spiro atoms. The standard InChI is InChI=1S/C16H22O2/c1-7-11(2)8-9-16(18)12(3)10-15(6,17)13(4)14(16)5/h7,10,17-18H,1-6H3/b11-7+. The van der Waals surface area contributed by atoms with Gasteiger partial charge in [0.15, 0.2) is 5.60 Å². The highest BCUT2D eigenvalue weighted by molar-refractivity contribution is 5.52. The molecule has 2 N–H and O–H groups in total. The molecule has 0 aromatic rings. The van der Waals surface area contributed by atoms with Crippen LogP contribution >= 0.6 is 0 Å². The van der Waals surface area contributed by atoms with E-state index in [2.05, 4.69) is 11.8 Å². The van der Waals surface area contributed by atoms with Crippen molar-refractivity contribution in [3.8, 4) is 11.8 Å². The number of allylic oxidation sites excluding steroid dienone is 2. The molecule has 1 aliphatic rings. The molecule has 2 unspecified atom stereocenters. The van der Waals surface area contributed by atoms with Crippen LogP contribution in [0.25, 0.3) is 0 Å². The van der Waals surface area contributed by atoms with Crippen LogP contribution in [0.2, 0.25) is 0 Å². The Morgan fingerprint density at radius 3 is 2.28 bits per heavy atom. The minimum absolute atomic E-state index is 0.673. The highest BCUT2D eigenvalue weighted by Gasteiger charge is 2.39. The molecule has 0 aromatic carbocycles. The minimum atomic E-state index is -1.27. The van der Waals surface area contributed by atoms with Crippen molar-refractivity contribution in [2.45, 2.75) is 52.7 Å². The average molecular weight is 246 g/mol. The fraction of sp³-hybridized carbons (Fsp3) is 0.500. The lowest BCUT2D eigenvalue weighted by Gasteiger charge is -2.37. The van der Waals surface area contributed by atoms with Gasteiger partial charge >= 0.3 is 0 Å². The average Bonchev–Trinajstić information content (AvgIpc) is 2.31. The van der Waals surface area contributed by atoms with Gasteiger partial charge in [-0.3, -0.25) is 0 Å². The van der Waals surface area contributed by atoms with Gasteiger partial charge in [-0.25, -0.2) is 0 Å². The van der Waals surface area contributed by atoms with E-state index in [1.165, 1.54) is 0 Å². The van der Waals surface area contributed by atoms with Crippen molar-refractivity contribution < 1.29 is 10.2 Å². The first-order chi connectivity index (χ1) is 8.15. The van der Waals surface area contributed by atoms with E-state index in [1.807, 2.05) is 33.8 Å². The molecule has 2 heteroatoms. The summed E-state index contributed by atoms with van der Waals surface area (Å²) in [5.41, 5.74) is 0.784. The summed E-state index contributed by atoms with van der Waals surface area (Å²) in [7, 11) is 0. The second-order valence-corrected chi connectivity index (χ2v) is 5.16. The van der Waals surface area contributed by atoms with Crippen molar-refractivity contribution in [3.05, 3.63) is 34.4 Å². The zero-order valence-electron chi connectivity index (χ0n) is 12.0. The van der Waals surface area contributed by atoms with E-state index < -0.39 is 11.2 Å². The second kappa shape index (κ2) is 4.76. The molecule has 0 aliphatic heterocycles. The molecule has 18 heavy (non-hydrogen) atoms. The van der Waals surface area contributed by atoms with E-state index in [-0.39, 0.29) is 0 Å². The van der Waals surface area contributed by atoms with Crippen LogP contribution in [-0.4, -0.2) is 21.4 Å². The van der Waals surface area contributed by atoms with Crippen LogP contribution in [0.1, 0.15) is 41.5 Å². The van der Waals surface area contributed by atoms with E-state index in [4.69, 9.17) is 0 Å². The first-order valence-corrected chi connectivity index (χ1v) is 6.14. The first-order valence-electron chi connectivity index (χ1n) is 6.14. The van der Waals surface area contributed by atoms with Crippen LogP contribution in [-0.2, 0) is 0 Å². The van der Waals surface area contributed by atoms with Gasteiger partial charge in [0.05, 0.1) is 0 Å². The highest BCUT2D eigenvalue weighted by atomic mass is 16.3. The van der Waals surface area contributed by atoms with Gasteiger partial charge in [-0.2, -0.15) is 0 Å². The molecule has 0 saturated carbocycles. The Morgan fingerprint density at radius 1 is 1.22 bits per heavy atom. The lowest BCUT2D eigenvalue weighted by molar-refractivity contribution is 0.118. The Balaban J connectivity index is 3.36. The number of hydrogen-bond acceptors (Lipinski definition) is 2. The summed E-state index contributed by atoms with van der Waals surface area (Å²) in [6.07, 6.45) is 3.58. The summed E-state index contributed by atoms with van der Waals surface area (Å²) < 4.78 is 0. The van der Waals surface area contributed by atoms with Gasteiger partial charge in [0.2, 0.25) is 0 Å². The summed E-state index contributed by atoms with van der Waals surface area (Å²) in [5, 5.41) is 21.0. The predicted octanol–water partition coefficient (Wildman–Crippen LogP) is 2.73. The zero-order valence-corrected chi connectivity index (χ0v) is 12.0. The van der Waals surface area contributed by atoms with Crippen LogP contribution < -0.4 is 0 Å². The third-order valence-electron chi connectivity index (χ3n) is 3.81. The van der Waals surface area contributed by atoms with Gasteiger partial charge < -0.3 is 10.2 Å². The van der Waals surface area contributed by atoms with E-state index in [0.717, 1.165) is 11.1 Å². The Kier molecular flexibility index (Phi) is 3.90. The summed E-state index contributed by atoms with van der Waals surface area (Å²) >= 11 is 0. The minimum Gasteiger partial charge on any atom is -0.382 e. The second-order valence-electron chi connectivity index (χ2n) is 5.16. The SMILES string of the molecule is C/C=C(\C)C#CC1(O)C(C)=CC(C)(O)C(C)=C1C. The number of aliphatic hydroxyl groups is 2. The molecule has 0 aromatic heterocycles. The van der Waals surface area contributed by atoms with Gasteiger partial charge in [0, 0.05) is 0 Å². The van der Waals surface area contributed by atoms with Crippen molar-refractivity contribution in [1.29, 1.82) is 0 Å². The molecule has 0 saturated heterocycles. The van der Waals surface area contributed by atoms with Crippen molar-refractivity contribution in [1.82, 2.24) is 0 Å². The molecule has 0 radical (unpaired) electrons. The van der Waals surface area contributed by atoms with Crippen molar-refractivity contribution in [3.63, 3.8) is 0 Å². The van der Waals surface area contributed by atoms with Crippen LogP contribution in [0, 0.1) is 11.8 Å². The molecule has 1 aliphatic carbocycles. The van der Waals surface area contributed by atoms with Crippen LogP contribution in [0.4, 0.5) is 0 Å². The van der Waals surface area contributed by atoms with Gasteiger partial charge in [0.25, 0.3) is 0 Å². The zero-order chi connectivity index (χ0) is 14.1. The molecule has 2 atom stereocenters. The van der Waals surface area contributed by atoms with E-state index in [0.29, 0.717) is 11.1 Å². The van der Waals surface area contributed by atoms with Gasteiger partial charge in [-0.05, 0) is 69.9 Å². The molecule has 0 fully saturated rings. The molecule has 2 nitrogen and oxygen atoms in total. The third kappa shape index (κ3) is 2.43. The summed E-state index contributed by atoms with van der Waals surface area (Å²) in [6, 6.07) is 0. The van der Waals surface area contributed by atoms with Gasteiger partial charge in [0.1, 0.15) is 5.60 Å². The highest BCUT2D eigenvalue weighted by Crippen LogP contribution is 2.38. The Labute approximate surface area is 110 Å². The maximum atomic E-state index is 10.7.